The summed E-state index contributed by atoms with van der Waals surface area (Å²) in [5, 5.41) is 11.2. The van der Waals surface area contributed by atoms with Gasteiger partial charge >= 0.3 is 0 Å². The van der Waals surface area contributed by atoms with Crippen LogP contribution in [0.3, 0.4) is 0 Å². The van der Waals surface area contributed by atoms with E-state index in [0.29, 0.717) is 5.82 Å². The van der Waals surface area contributed by atoms with Gasteiger partial charge in [-0.25, -0.2) is 4.98 Å². The summed E-state index contributed by atoms with van der Waals surface area (Å²) in [6, 6.07) is 0. The molecule has 0 unspecified atom stereocenters. The second-order valence-electron chi connectivity index (χ2n) is 3.81. The quantitative estimate of drug-likeness (QED) is 0.637. The Hall–Kier alpha value is -1.62. The summed E-state index contributed by atoms with van der Waals surface area (Å²) in [5.74, 6) is 0.625. The largest absolute Gasteiger partial charge is 0.384 e. The minimum atomic E-state index is 0.625. The van der Waals surface area contributed by atoms with E-state index in [1.54, 1.807) is 0 Å². The van der Waals surface area contributed by atoms with E-state index in [-0.39, 0.29) is 0 Å². The molecule has 5 nitrogen and oxygen atoms in total. The van der Waals surface area contributed by atoms with Gasteiger partial charge in [0.15, 0.2) is 5.65 Å². The minimum absolute atomic E-state index is 0.625. The van der Waals surface area contributed by atoms with E-state index in [9.17, 15) is 0 Å². The molecule has 4 N–H and O–H groups in total. The first kappa shape index (κ1) is 8.67. The molecular formula is C10H13N5. The highest BCUT2D eigenvalue weighted by molar-refractivity contribution is 5.90. The van der Waals surface area contributed by atoms with Crippen LogP contribution in [0.4, 0.5) is 5.82 Å². The molecule has 0 radical (unpaired) electrons. The highest BCUT2D eigenvalue weighted by Gasteiger charge is 2.21. The van der Waals surface area contributed by atoms with Gasteiger partial charge in [0.05, 0.1) is 5.39 Å². The zero-order valence-electron chi connectivity index (χ0n) is 8.59. The summed E-state index contributed by atoms with van der Waals surface area (Å²) < 4.78 is 0. The van der Waals surface area contributed by atoms with Crippen LogP contribution in [0.2, 0.25) is 0 Å². The van der Waals surface area contributed by atoms with E-state index in [4.69, 9.17) is 5.73 Å². The molecule has 1 aliphatic rings. The summed E-state index contributed by atoms with van der Waals surface area (Å²) in [6.07, 6.45) is 0.937. The fraction of sp³-hybridized carbons (Fsp3) is 0.400. The average Bonchev–Trinajstić information content (AvgIpc) is 2.83. The highest BCUT2D eigenvalue weighted by atomic mass is 15.2. The van der Waals surface area contributed by atoms with Gasteiger partial charge in [-0.05, 0) is 17.5 Å². The van der Waals surface area contributed by atoms with Gasteiger partial charge in [0, 0.05) is 18.8 Å². The van der Waals surface area contributed by atoms with E-state index in [1.165, 1.54) is 11.1 Å². The van der Waals surface area contributed by atoms with Gasteiger partial charge in [0.25, 0.3) is 0 Å². The van der Waals surface area contributed by atoms with Crippen LogP contribution in [0.25, 0.3) is 11.0 Å². The van der Waals surface area contributed by atoms with Crippen molar-refractivity contribution in [3.63, 3.8) is 0 Å². The predicted octanol–water partition coefficient (Wildman–Crippen LogP) is 0.706. The van der Waals surface area contributed by atoms with E-state index in [0.717, 1.165) is 36.2 Å². The second-order valence-corrected chi connectivity index (χ2v) is 3.81. The third kappa shape index (κ3) is 1.07. The first-order valence-corrected chi connectivity index (χ1v) is 5.16. The zero-order chi connectivity index (χ0) is 10.4. The molecule has 2 aromatic rings. The van der Waals surface area contributed by atoms with Crippen LogP contribution in [0.15, 0.2) is 0 Å². The van der Waals surface area contributed by atoms with E-state index < -0.39 is 0 Å². The van der Waals surface area contributed by atoms with Gasteiger partial charge in [0.1, 0.15) is 5.82 Å². The summed E-state index contributed by atoms with van der Waals surface area (Å²) in [4.78, 5) is 4.52. The Labute approximate surface area is 87.1 Å². The van der Waals surface area contributed by atoms with E-state index in [2.05, 4.69) is 27.4 Å². The van der Waals surface area contributed by atoms with Crippen LogP contribution >= 0.6 is 0 Å². The lowest BCUT2D eigenvalue weighted by Crippen LogP contribution is -2.01. The average molecular weight is 203 g/mol. The Bertz CT molecular complexity index is 528. The monoisotopic (exact) mass is 203 g/mol. The molecule has 0 saturated heterocycles. The number of nitrogen functional groups attached to an aromatic ring is 1. The zero-order valence-corrected chi connectivity index (χ0v) is 8.59. The number of rotatable bonds is 1. The predicted molar refractivity (Wildman–Crippen MR) is 58.2 cm³/mol. The summed E-state index contributed by atoms with van der Waals surface area (Å²) in [7, 11) is 0. The van der Waals surface area contributed by atoms with Gasteiger partial charge in [-0.3, -0.25) is 5.10 Å². The molecule has 0 aromatic carbocycles. The van der Waals surface area contributed by atoms with Crippen LogP contribution < -0.4 is 11.1 Å². The van der Waals surface area contributed by atoms with Gasteiger partial charge in [0.2, 0.25) is 0 Å². The maximum Gasteiger partial charge on any atom is 0.183 e. The molecule has 3 heterocycles. The molecular weight excluding hydrogens is 190 g/mol. The Balaban J connectivity index is 2.42. The number of anilines is 1. The number of nitrogens with zero attached hydrogens (tertiary/aromatic N) is 2. The smallest absolute Gasteiger partial charge is 0.183 e. The van der Waals surface area contributed by atoms with Crippen molar-refractivity contribution in [2.24, 2.45) is 0 Å². The van der Waals surface area contributed by atoms with Gasteiger partial charge < -0.3 is 11.1 Å². The second kappa shape index (κ2) is 2.93. The lowest BCUT2D eigenvalue weighted by Gasteiger charge is -2.05. The number of hydrogen-bond donors (Lipinski definition) is 3. The molecule has 5 heteroatoms. The highest BCUT2D eigenvalue weighted by Crippen LogP contribution is 2.29. The molecule has 2 aromatic heterocycles. The lowest BCUT2D eigenvalue weighted by molar-refractivity contribution is 0.761. The van der Waals surface area contributed by atoms with Crippen molar-refractivity contribution < 1.29 is 0 Å². The van der Waals surface area contributed by atoms with Crippen molar-refractivity contribution in [2.75, 3.05) is 5.73 Å². The van der Waals surface area contributed by atoms with E-state index in [1.807, 2.05) is 0 Å². The number of hydrogen-bond acceptors (Lipinski definition) is 4. The molecule has 15 heavy (non-hydrogen) atoms. The van der Waals surface area contributed by atoms with Crippen molar-refractivity contribution in [1.82, 2.24) is 20.5 Å². The summed E-state index contributed by atoms with van der Waals surface area (Å²) >= 11 is 0. The Kier molecular flexibility index (Phi) is 1.70. The van der Waals surface area contributed by atoms with Crippen molar-refractivity contribution in [3.05, 3.63) is 16.8 Å². The summed E-state index contributed by atoms with van der Waals surface area (Å²) in [5.41, 5.74) is 10.3. The van der Waals surface area contributed by atoms with Crippen LogP contribution in [-0.2, 0) is 19.5 Å². The van der Waals surface area contributed by atoms with Crippen LogP contribution in [0.5, 0.6) is 0 Å². The van der Waals surface area contributed by atoms with Gasteiger partial charge in [-0.15, -0.1) is 0 Å². The number of nitrogens with two attached hydrogens (primary N) is 1. The molecule has 0 aliphatic carbocycles. The number of fused-ring (bicyclic) bond motifs is 3. The first-order valence-electron chi connectivity index (χ1n) is 5.16. The number of aromatic nitrogens is 3. The van der Waals surface area contributed by atoms with Gasteiger partial charge in [-0.1, -0.05) is 6.92 Å². The molecule has 1 aliphatic heterocycles. The molecule has 0 saturated carbocycles. The van der Waals surface area contributed by atoms with E-state index >= 15 is 0 Å². The number of pyridine rings is 1. The van der Waals surface area contributed by atoms with Crippen LogP contribution in [0.1, 0.15) is 23.7 Å². The molecule has 0 atom stereocenters. The number of aromatic amines is 1. The normalized spacial score (nSPS) is 14.7. The van der Waals surface area contributed by atoms with Crippen molar-refractivity contribution in [1.29, 1.82) is 0 Å². The standard InChI is InChI=1S/C10H13N5/c1-2-7-5-3-12-4-6(5)8-9(11)14-15-10(8)13-7/h12H,2-4H2,1H3,(H3,11,13,14,15). The van der Waals surface area contributed by atoms with Crippen LogP contribution in [0, 0.1) is 0 Å². The Morgan fingerprint density at radius 3 is 2.93 bits per heavy atom. The number of aryl methyl sites for hydroxylation is 1. The fourth-order valence-electron chi connectivity index (χ4n) is 2.25. The van der Waals surface area contributed by atoms with Crippen molar-refractivity contribution in [2.45, 2.75) is 26.4 Å². The van der Waals surface area contributed by atoms with Crippen LogP contribution in [-0.4, -0.2) is 15.2 Å². The SMILES string of the molecule is CCc1nc2n[nH]c(N)c2c2c1CNC2. The molecule has 78 valence electrons. The molecule has 0 amide bonds. The third-order valence-electron chi connectivity index (χ3n) is 2.97. The Morgan fingerprint density at radius 1 is 1.33 bits per heavy atom. The number of H-pyrrole nitrogens is 1. The minimum Gasteiger partial charge on any atom is -0.384 e. The maximum absolute atomic E-state index is 5.85. The molecule has 0 bridgehead atoms. The third-order valence-corrected chi connectivity index (χ3v) is 2.97. The molecule has 0 fully saturated rings. The number of nitrogens with one attached hydrogen (secondary N) is 2. The molecule has 3 rings (SSSR count). The summed E-state index contributed by atoms with van der Waals surface area (Å²) in [6.45, 7) is 3.87. The topological polar surface area (TPSA) is 79.6 Å². The lowest BCUT2D eigenvalue weighted by atomic mass is 10.0. The van der Waals surface area contributed by atoms with Crippen molar-refractivity contribution >= 4 is 16.9 Å². The fourth-order valence-corrected chi connectivity index (χ4v) is 2.25. The van der Waals surface area contributed by atoms with Gasteiger partial charge in [-0.2, -0.15) is 5.10 Å². The molecule has 0 spiro atoms. The Morgan fingerprint density at radius 2 is 2.13 bits per heavy atom. The first-order chi connectivity index (χ1) is 7.31. The van der Waals surface area contributed by atoms with Crippen molar-refractivity contribution in [3.8, 4) is 0 Å². The maximum atomic E-state index is 5.85.